The van der Waals surface area contributed by atoms with Crippen LogP contribution in [0, 0.1) is 13.8 Å². The summed E-state index contributed by atoms with van der Waals surface area (Å²) in [7, 11) is 0. The van der Waals surface area contributed by atoms with Gasteiger partial charge in [0.15, 0.2) is 5.76 Å². The Hall–Kier alpha value is -1.95. The molecule has 1 heterocycles. The van der Waals surface area contributed by atoms with Gasteiger partial charge in [-0.15, -0.1) is 11.8 Å². The summed E-state index contributed by atoms with van der Waals surface area (Å²) < 4.78 is 5.67. The Morgan fingerprint density at radius 2 is 2.10 bits per heavy atom. The van der Waals surface area contributed by atoms with Crippen LogP contribution in [0.25, 0.3) is 11.0 Å². The zero-order chi connectivity index (χ0) is 15.4. The highest BCUT2D eigenvalue weighted by Gasteiger charge is 2.17. The number of rotatable bonds is 6. The molecule has 0 fully saturated rings. The lowest BCUT2D eigenvalue weighted by Gasteiger charge is -2.02. The summed E-state index contributed by atoms with van der Waals surface area (Å²) in [5, 5.41) is 12.2. The second kappa shape index (κ2) is 6.67. The lowest BCUT2D eigenvalue weighted by Crippen LogP contribution is -2.26. The predicted octanol–water partition coefficient (Wildman–Crippen LogP) is 2.60. The van der Waals surface area contributed by atoms with E-state index in [1.54, 1.807) is 0 Å². The van der Waals surface area contributed by atoms with Gasteiger partial charge in [-0.25, -0.2) is 0 Å². The molecule has 1 aromatic carbocycles. The molecule has 0 saturated heterocycles. The molecule has 6 heteroatoms. The summed E-state index contributed by atoms with van der Waals surface area (Å²) in [6.07, 6.45) is 0. The van der Waals surface area contributed by atoms with Crippen molar-refractivity contribution in [2.24, 2.45) is 0 Å². The molecule has 21 heavy (non-hydrogen) atoms. The van der Waals surface area contributed by atoms with Gasteiger partial charge in [-0.2, -0.15) is 0 Å². The topological polar surface area (TPSA) is 79.5 Å². The number of benzene rings is 1. The number of carboxylic acids is 1. The Morgan fingerprint density at radius 3 is 2.76 bits per heavy atom. The van der Waals surface area contributed by atoms with Crippen LogP contribution in [0.2, 0.25) is 0 Å². The fraction of sp³-hybridized carbons (Fsp3) is 0.333. The minimum absolute atomic E-state index is 0.0404. The Bertz CT molecular complexity index is 678. The Balaban J connectivity index is 2.01. The number of hydrogen-bond acceptors (Lipinski definition) is 4. The molecule has 0 bridgehead atoms. The van der Waals surface area contributed by atoms with Crippen molar-refractivity contribution < 1.29 is 19.1 Å². The third-order valence-corrected chi connectivity index (χ3v) is 4.07. The third-order valence-electron chi connectivity index (χ3n) is 3.12. The molecule has 0 aliphatic heterocycles. The van der Waals surface area contributed by atoms with E-state index in [0.717, 1.165) is 22.1 Å². The van der Waals surface area contributed by atoms with Crippen LogP contribution in [0.1, 0.15) is 21.7 Å². The van der Waals surface area contributed by atoms with Crippen LogP contribution in [0.3, 0.4) is 0 Å². The number of hydrogen-bond donors (Lipinski definition) is 2. The van der Waals surface area contributed by atoms with Crippen molar-refractivity contribution in [3.8, 4) is 0 Å². The second-order valence-electron chi connectivity index (χ2n) is 4.71. The highest BCUT2D eigenvalue weighted by Crippen LogP contribution is 2.27. The fourth-order valence-electron chi connectivity index (χ4n) is 2.08. The molecule has 2 aromatic rings. The monoisotopic (exact) mass is 307 g/mol. The third kappa shape index (κ3) is 3.58. The van der Waals surface area contributed by atoms with Gasteiger partial charge in [0.2, 0.25) is 0 Å². The van der Waals surface area contributed by atoms with Gasteiger partial charge in [-0.1, -0.05) is 18.2 Å². The van der Waals surface area contributed by atoms with Crippen LogP contribution in [-0.2, 0) is 4.79 Å². The molecule has 0 unspecified atom stereocenters. The number of thioether (sulfide) groups is 1. The number of carboxylic acid groups (broad SMARTS) is 1. The molecule has 0 radical (unpaired) electrons. The molecule has 0 spiro atoms. The van der Waals surface area contributed by atoms with Crippen LogP contribution in [0.5, 0.6) is 0 Å². The molecule has 0 atom stereocenters. The minimum Gasteiger partial charge on any atom is -0.481 e. The molecule has 1 amide bonds. The van der Waals surface area contributed by atoms with Gasteiger partial charge in [0.1, 0.15) is 5.58 Å². The van der Waals surface area contributed by atoms with E-state index < -0.39 is 5.97 Å². The van der Waals surface area contributed by atoms with Crippen molar-refractivity contribution >= 4 is 34.6 Å². The van der Waals surface area contributed by atoms with E-state index in [-0.39, 0.29) is 11.7 Å². The Morgan fingerprint density at radius 1 is 1.33 bits per heavy atom. The summed E-state index contributed by atoms with van der Waals surface area (Å²) >= 11 is 1.27. The van der Waals surface area contributed by atoms with Crippen molar-refractivity contribution in [3.05, 3.63) is 35.1 Å². The minimum atomic E-state index is -0.852. The SMILES string of the molecule is Cc1c(C(=O)NCCSCC(=O)O)oc2c(C)cccc12. The van der Waals surface area contributed by atoms with Crippen LogP contribution in [0.4, 0.5) is 0 Å². The van der Waals surface area contributed by atoms with Crippen LogP contribution < -0.4 is 5.32 Å². The molecule has 2 rings (SSSR count). The van der Waals surface area contributed by atoms with E-state index in [2.05, 4.69) is 5.32 Å². The van der Waals surface area contributed by atoms with Gasteiger partial charge >= 0.3 is 5.97 Å². The first kappa shape index (κ1) is 15.4. The highest BCUT2D eigenvalue weighted by molar-refractivity contribution is 7.99. The molecule has 5 nitrogen and oxygen atoms in total. The van der Waals surface area contributed by atoms with Crippen LogP contribution in [0.15, 0.2) is 22.6 Å². The van der Waals surface area contributed by atoms with Crippen molar-refractivity contribution in [2.75, 3.05) is 18.1 Å². The number of nitrogens with one attached hydrogen (secondary N) is 1. The number of carbonyl (C=O) groups is 2. The lowest BCUT2D eigenvalue weighted by atomic mass is 10.1. The first-order chi connectivity index (χ1) is 10.0. The second-order valence-corrected chi connectivity index (χ2v) is 5.82. The van der Waals surface area contributed by atoms with E-state index in [0.29, 0.717) is 18.1 Å². The van der Waals surface area contributed by atoms with Gasteiger partial charge in [0.05, 0.1) is 5.75 Å². The fourth-order valence-corrected chi connectivity index (χ4v) is 2.64. The normalized spacial score (nSPS) is 10.8. The van der Waals surface area contributed by atoms with E-state index in [4.69, 9.17) is 9.52 Å². The van der Waals surface area contributed by atoms with Crippen LogP contribution >= 0.6 is 11.8 Å². The summed E-state index contributed by atoms with van der Waals surface area (Å²) in [6, 6.07) is 5.81. The number of fused-ring (bicyclic) bond motifs is 1. The zero-order valence-corrected chi connectivity index (χ0v) is 12.8. The number of aliphatic carboxylic acids is 1. The summed E-state index contributed by atoms with van der Waals surface area (Å²) in [6.45, 7) is 4.21. The average Bonchev–Trinajstić information content (AvgIpc) is 2.77. The largest absolute Gasteiger partial charge is 0.481 e. The van der Waals surface area contributed by atoms with Gasteiger partial charge in [0, 0.05) is 23.2 Å². The molecular weight excluding hydrogens is 290 g/mol. The summed E-state index contributed by atoms with van der Waals surface area (Å²) in [5.41, 5.74) is 2.55. The number of aryl methyl sites for hydroxylation is 2. The van der Waals surface area contributed by atoms with E-state index in [1.165, 1.54) is 11.8 Å². The lowest BCUT2D eigenvalue weighted by molar-refractivity contribution is -0.133. The Labute approximate surface area is 126 Å². The maximum atomic E-state index is 12.1. The number of amides is 1. The first-order valence-electron chi connectivity index (χ1n) is 6.57. The van der Waals surface area contributed by atoms with E-state index in [1.807, 2.05) is 32.0 Å². The Kier molecular flexibility index (Phi) is 4.90. The number of para-hydroxylation sites is 1. The molecule has 2 N–H and O–H groups in total. The van der Waals surface area contributed by atoms with Crippen LogP contribution in [-0.4, -0.2) is 35.0 Å². The molecule has 0 saturated carbocycles. The molecule has 0 aliphatic carbocycles. The van der Waals surface area contributed by atoms with Gasteiger partial charge in [-0.3, -0.25) is 9.59 Å². The standard InChI is InChI=1S/C15H17NO4S/c1-9-4-3-5-11-10(2)14(20-13(9)11)15(19)16-6-7-21-8-12(17)18/h3-5H,6-8H2,1-2H3,(H,16,19)(H,17,18). The van der Waals surface area contributed by atoms with Gasteiger partial charge in [-0.05, 0) is 19.4 Å². The quantitative estimate of drug-likeness (QED) is 0.802. The van der Waals surface area contributed by atoms with E-state index >= 15 is 0 Å². The van der Waals surface area contributed by atoms with Crippen molar-refractivity contribution in [2.45, 2.75) is 13.8 Å². The first-order valence-corrected chi connectivity index (χ1v) is 7.72. The zero-order valence-electron chi connectivity index (χ0n) is 11.9. The molecule has 0 aliphatic rings. The smallest absolute Gasteiger partial charge is 0.313 e. The average molecular weight is 307 g/mol. The molecular formula is C15H17NO4S. The summed E-state index contributed by atoms with van der Waals surface area (Å²) in [5.74, 6) is -0.203. The molecule has 112 valence electrons. The maximum Gasteiger partial charge on any atom is 0.313 e. The van der Waals surface area contributed by atoms with Crippen molar-refractivity contribution in [1.82, 2.24) is 5.32 Å². The van der Waals surface area contributed by atoms with Gasteiger partial charge < -0.3 is 14.8 Å². The van der Waals surface area contributed by atoms with Crippen molar-refractivity contribution in [1.29, 1.82) is 0 Å². The van der Waals surface area contributed by atoms with E-state index in [9.17, 15) is 9.59 Å². The molecule has 1 aromatic heterocycles. The van der Waals surface area contributed by atoms with Crippen molar-refractivity contribution in [3.63, 3.8) is 0 Å². The highest BCUT2D eigenvalue weighted by atomic mass is 32.2. The predicted molar refractivity (Wildman–Crippen MR) is 83.0 cm³/mol. The van der Waals surface area contributed by atoms with Gasteiger partial charge in [0.25, 0.3) is 5.91 Å². The maximum absolute atomic E-state index is 12.1. The number of furan rings is 1. The number of carbonyl (C=O) groups excluding carboxylic acids is 1. The summed E-state index contributed by atoms with van der Waals surface area (Å²) in [4.78, 5) is 22.5.